The second-order valence-corrected chi connectivity index (χ2v) is 6.89. The normalized spacial score (nSPS) is 14.7. The molecule has 1 aromatic carbocycles. The van der Waals surface area contributed by atoms with Gasteiger partial charge in [-0.15, -0.1) is 0 Å². The molecule has 1 aromatic heterocycles. The van der Waals surface area contributed by atoms with Crippen molar-refractivity contribution in [2.45, 2.75) is 34.1 Å². The number of rotatable bonds is 2. The lowest BCUT2D eigenvalue weighted by Gasteiger charge is -2.22. The Morgan fingerprint density at radius 3 is 2.36 bits per heavy atom. The molecule has 2 heterocycles. The lowest BCUT2D eigenvalue weighted by molar-refractivity contribution is -0.114. The number of carbonyl (C=O) groups excluding carboxylic acids is 1. The molecule has 0 saturated carbocycles. The number of nitrogens with zero attached hydrogens (tertiary/aromatic N) is 3. The minimum Gasteiger partial charge on any atom is -0.331 e. The molecular formula is C21H25N3O. The van der Waals surface area contributed by atoms with Gasteiger partial charge in [-0.05, 0) is 51.0 Å². The number of hydrogen-bond acceptors (Lipinski definition) is 3. The highest BCUT2D eigenvalue weighted by Gasteiger charge is 2.26. The maximum atomic E-state index is 12.5. The molecule has 1 aliphatic heterocycles. The van der Waals surface area contributed by atoms with E-state index in [4.69, 9.17) is 4.98 Å². The lowest BCUT2D eigenvalue weighted by Crippen LogP contribution is -2.26. The number of pyridine rings is 1. The zero-order valence-corrected chi connectivity index (χ0v) is 15.8. The van der Waals surface area contributed by atoms with Gasteiger partial charge in [0.15, 0.2) is 5.82 Å². The van der Waals surface area contributed by atoms with Crippen molar-refractivity contribution in [1.82, 2.24) is 4.98 Å². The standard InChI is InChI=1S/C21H25N3O/c1-13-7-8-17(14(2)11-13)12-18-9-10-19-20(22-18)23(5)16(4)15(3)21(25)24(19)6/h7-11H,12H2,1-6H3. The first kappa shape index (κ1) is 17.2. The number of aryl methyl sites for hydroxylation is 2. The molecule has 1 amide bonds. The number of hydrogen-bond donors (Lipinski definition) is 0. The monoisotopic (exact) mass is 335 g/mol. The summed E-state index contributed by atoms with van der Waals surface area (Å²) in [6.45, 7) is 8.08. The van der Waals surface area contributed by atoms with Crippen molar-refractivity contribution in [2.24, 2.45) is 0 Å². The molecule has 0 N–H and O–H groups in total. The van der Waals surface area contributed by atoms with Crippen LogP contribution in [0.2, 0.25) is 0 Å². The Kier molecular flexibility index (Phi) is 4.38. The molecule has 0 atom stereocenters. The molecule has 2 aromatic rings. The van der Waals surface area contributed by atoms with E-state index in [0.29, 0.717) is 0 Å². The summed E-state index contributed by atoms with van der Waals surface area (Å²) in [6, 6.07) is 10.5. The first-order chi connectivity index (χ1) is 11.8. The molecule has 0 aliphatic carbocycles. The summed E-state index contributed by atoms with van der Waals surface area (Å²) in [5, 5.41) is 0. The predicted molar refractivity (Wildman–Crippen MR) is 103 cm³/mol. The predicted octanol–water partition coefficient (Wildman–Crippen LogP) is 4.00. The molecule has 3 rings (SSSR count). The van der Waals surface area contributed by atoms with Crippen LogP contribution in [0.25, 0.3) is 0 Å². The number of amides is 1. The van der Waals surface area contributed by atoms with Crippen LogP contribution < -0.4 is 9.80 Å². The number of aromatic nitrogens is 1. The van der Waals surface area contributed by atoms with Crippen LogP contribution in [-0.4, -0.2) is 25.0 Å². The van der Waals surface area contributed by atoms with Gasteiger partial charge in [0.25, 0.3) is 5.91 Å². The van der Waals surface area contributed by atoms with Crippen molar-refractivity contribution in [3.63, 3.8) is 0 Å². The molecule has 0 radical (unpaired) electrons. The number of likely N-dealkylation sites (N-methyl/N-ethyl adjacent to an activating group) is 1. The average molecular weight is 335 g/mol. The SMILES string of the molecule is CC1=C(C)N(C)c2nc(Cc3ccc(C)cc3C)ccc2N(C)C1=O. The summed E-state index contributed by atoms with van der Waals surface area (Å²) >= 11 is 0. The molecule has 0 spiro atoms. The fraction of sp³-hybridized carbons (Fsp3) is 0.333. The Morgan fingerprint density at radius 1 is 0.960 bits per heavy atom. The van der Waals surface area contributed by atoms with Crippen LogP contribution in [0.1, 0.15) is 36.2 Å². The van der Waals surface area contributed by atoms with E-state index in [1.165, 1.54) is 16.7 Å². The Balaban J connectivity index is 2.03. The van der Waals surface area contributed by atoms with Gasteiger partial charge in [-0.1, -0.05) is 23.8 Å². The van der Waals surface area contributed by atoms with Gasteiger partial charge in [0, 0.05) is 37.5 Å². The van der Waals surface area contributed by atoms with E-state index in [9.17, 15) is 4.79 Å². The van der Waals surface area contributed by atoms with Gasteiger partial charge in [0.05, 0.1) is 5.69 Å². The number of carbonyl (C=O) groups is 1. The van der Waals surface area contributed by atoms with E-state index in [1.807, 2.05) is 45.0 Å². The van der Waals surface area contributed by atoms with E-state index in [1.54, 1.807) is 4.90 Å². The number of allylic oxidation sites excluding steroid dienone is 1. The van der Waals surface area contributed by atoms with Crippen LogP contribution in [0.3, 0.4) is 0 Å². The highest BCUT2D eigenvalue weighted by Crippen LogP contribution is 2.33. The van der Waals surface area contributed by atoms with Crippen molar-refractivity contribution in [3.05, 3.63) is 64.0 Å². The minimum absolute atomic E-state index is 0.0204. The molecule has 0 fully saturated rings. The van der Waals surface area contributed by atoms with Gasteiger partial charge >= 0.3 is 0 Å². The number of anilines is 2. The van der Waals surface area contributed by atoms with Crippen LogP contribution in [-0.2, 0) is 11.2 Å². The minimum atomic E-state index is 0.0204. The quantitative estimate of drug-likeness (QED) is 0.832. The summed E-state index contributed by atoms with van der Waals surface area (Å²) < 4.78 is 0. The Morgan fingerprint density at radius 2 is 1.68 bits per heavy atom. The summed E-state index contributed by atoms with van der Waals surface area (Å²) in [7, 11) is 3.78. The van der Waals surface area contributed by atoms with Gasteiger partial charge in [0.1, 0.15) is 0 Å². The highest BCUT2D eigenvalue weighted by atomic mass is 16.2. The molecule has 0 bridgehead atoms. The molecule has 0 unspecified atom stereocenters. The van der Waals surface area contributed by atoms with E-state index < -0.39 is 0 Å². The zero-order chi connectivity index (χ0) is 18.3. The zero-order valence-electron chi connectivity index (χ0n) is 15.8. The van der Waals surface area contributed by atoms with Crippen LogP contribution >= 0.6 is 0 Å². The van der Waals surface area contributed by atoms with Crippen LogP contribution in [0.4, 0.5) is 11.5 Å². The molecule has 1 aliphatic rings. The Bertz CT molecular complexity index is 883. The van der Waals surface area contributed by atoms with E-state index in [-0.39, 0.29) is 5.91 Å². The van der Waals surface area contributed by atoms with Gasteiger partial charge in [-0.3, -0.25) is 4.79 Å². The number of fused-ring (bicyclic) bond motifs is 1. The molecule has 4 heteroatoms. The lowest BCUT2D eigenvalue weighted by atomic mass is 10.0. The van der Waals surface area contributed by atoms with Crippen molar-refractivity contribution in [1.29, 1.82) is 0 Å². The number of benzene rings is 1. The first-order valence-corrected chi connectivity index (χ1v) is 8.55. The summed E-state index contributed by atoms with van der Waals surface area (Å²) in [5.41, 5.74) is 7.36. The van der Waals surface area contributed by atoms with Crippen LogP contribution in [0.5, 0.6) is 0 Å². The summed E-state index contributed by atoms with van der Waals surface area (Å²) in [5.74, 6) is 0.847. The van der Waals surface area contributed by atoms with Crippen LogP contribution in [0.15, 0.2) is 41.6 Å². The summed E-state index contributed by atoms with van der Waals surface area (Å²) in [4.78, 5) is 21.1. The topological polar surface area (TPSA) is 36.4 Å². The molecule has 4 nitrogen and oxygen atoms in total. The maximum Gasteiger partial charge on any atom is 0.255 e. The van der Waals surface area contributed by atoms with Gasteiger partial charge < -0.3 is 9.80 Å². The Labute approximate surface area is 149 Å². The molecular weight excluding hydrogens is 310 g/mol. The van der Waals surface area contributed by atoms with Gasteiger partial charge in [0.2, 0.25) is 0 Å². The molecule has 0 saturated heterocycles. The third-order valence-electron chi connectivity index (χ3n) is 5.13. The van der Waals surface area contributed by atoms with Crippen LogP contribution in [0, 0.1) is 13.8 Å². The van der Waals surface area contributed by atoms with E-state index in [2.05, 4.69) is 32.0 Å². The second-order valence-electron chi connectivity index (χ2n) is 6.89. The van der Waals surface area contributed by atoms with Crippen molar-refractivity contribution >= 4 is 17.4 Å². The maximum absolute atomic E-state index is 12.5. The van der Waals surface area contributed by atoms with Crippen molar-refractivity contribution in [2.75, 3.05) is 23.9 Å². The van der Waals surface area contributed by atoms with Crippen molar-refractivity contribution in [3.8, 4) is 0 Å². The molecule has 130 valence electrons. The van der Waals surface area contributed by atoms with E-state index >= 15 is 0 Å². The average Bonchev–Trinajstić information content (AvgIpc) is 2.65. The fourth-order valence-corrected chi connectivity index (χ4v) is 3.25. The fourth-order valence-electron chi connectivity index (χ4n) is 3.25. The Hall–Kier alpha value is -2.62. The second kappa shape index (κ2) is 6.36. The summed E-state index contributed by atoms with van der Waals surface area (Å²) in [6.07, 6.45) is 0.784. The highest BCUT2D eigenvalue weighted by molar-refractivity contribution is 6.08. The van der Waals surface area contributed by atoms with Crippen molar-refractivity contribution < 1.29 is 4.79 Å². The smallest absolute Gasteiger partial charge is 0.255 e. The first-order valence-electron chi connectivity index (χ1n) is 8.55. The van der Waals surface area contributed by atoms with E-state index in [0.717, 1.165) is 34.9 Å². The van der Waals surface area contributed by atoms with Gasteiger partial charge in [-0.2, -0.15) is 0 Å². The third-order valence-corrected chi connectivity index (χ3v) is 5.13. The van der Waals surface area contributed by atoms with Gasteiger partial charge in [-0.25, -0.2) is 4.98 Å². The largest absolute Gasteiger partial charge is 0.331 e. The molecule has 25 heavy (non-hydrogen) atoms. The third kappa shape index (κ3) is 3.04.